The van der Waals surface area contributed by atoms with E-state index in [1.807, 2.05) is 0 Å². The number of benzene rings is 1. The molecule has 1 aromatic heterocycles. The van der Waals surface area contributed by atoms with Gasteiger partial charge in [0.05, 0.1) is 16.3 Å². The van der Waals surface area contributed by atoms with Crippen LogP contribution in [0.25, 0.3) is 11.3 Å². The topological polar surface area (TPSA) is 89.3 Å². The molecule has 1 amide bonds. The number of amides is 1. The number of sulfonamides is 1. The van der Waals surface area contributed by atoms with Crippen LogP contribution < -0.4 is 4.72 Å². The predicted molar refractivity (Wildman–Crippen MR) is 74.3 cm³/mol. The van der Waals surface area contributed by atoms with Crippen LogP contribution in [0.2, 0.25) is 10.0 Å². The van der Waals surface area contributed by atoms with Crippen molar-refractivity contribution in [2.75, 3.05) is 6.26 Å². The number of carbonyl (C=O) groups excluding carboxylic acids is 1. The highest BCUT2D eigenvalue weighted by Crippen LogP contribution is 2.28. The van der Waals surface area contributed by atoms with Crippen molar-refractivity contribution >= 4 is 39.1 Å². The molecule has 0 radical (unpaired) electrons. The van der Waals surface area contributed by atoms with E-state index < -0.39 is 15.9 Å². The molecule has 0 aliphatic carbocycles. The molecule has 9 heteroatoms. The molecule has 1 N–H and O–H groups in total. The predicted octanol–water partition coefficient (Wildman–Crippen LogP) is 2.34. The summed E-state index contributed by atoms with van der Waals surface area (Å²) in [4.78, 5) is 11.6. The minimum atomic E-state index is -3.66. The molecule has 1 aromatic carbocycles. The summed E-state index contributed by atoms with van der Waals surface area (Å²) in [5, 5.41) is 4.20. The second kappa shape index (κ2) is 5.43. The van der Waals surface area contributed by atoms with Crippen molar-refractivity contribution in [3.8, 4) is 11.3 Å². The van der Waals surface area contributed by atoms with Gasteiger partial charge in [-0.05, 0) is 18.2 Å². The summed E-state index contributed by atoms with van der Waals surface area (Å²) in [5.74, 6) is -0.607. The first-order valence-electron chi connectivity index (χ1n) is 5.20. The molecule has 0 atom stereocenters. The number of hydrogen-bond acceptors (Lipinski definition) is 5. The van der Waals surface area contributed by atoms with Crippen molar-refractivity contribution in [2.24, 2.45) is 0 Å². The monoisotopic (exact) mass is 334 g/mol. The average molecular weight is 335 g/mol. The quantitative estimate of drug-likeness (QED) is 0.930. The number of nitrogens with one attached hydrogen (secondary N) is 1. The summed E-state index contributed by atoms with van der Waals surface area (Å²) < 4.78 is 28.7. The Bertz CT molecular complexity index is 770. The van der Waals surface area contributed by atoms with Crippen LogP contribution in [-0.4, -0.2) is 25.7 Å². The molecule has 20 heavy (non-hydrogen) atoms. The summed E-state index contributed by atoms with van der Waals surface area (Å²) in [6, 6.07) is 6.05. The summed E-state index contributed by atoms with van der Waals surface area (Å²) in [7, 11) is -3.66. The van der Waals surface area contributed by atoms with Gasteiger partial charge in [0.1, 0.15) is 0 Å². The van der Waals surface area contributed by atoms with E-state index >= 15 is 0 Å². The van der Waals surface area contributed by atoms with E-state index in [9.17, 15) is 13.2 Å². The minimum Gasteiger partial charge on any atom is -0.355 e. The molecule has 0 aliphatic rings. The molecule has 0 saturated carbocycles. The van der Waals surface area contributed by atoms with Crippen molar-refractivity contribution < 1.29 is 17.7 Å². The normalized spacial score (nSPS) is 11.3. The molecule has 2 aromatic rings. The number of halogens is 2. The SMILES string of the molecule is CS(=O)(=O)NC(=O)c1cc(-c2ccc(Cl)c(Cl)c2)on1. The second-order valence-corrected chi connectivity index (χ2v) is 6.47. The van der Waals surface area contributed by atoms with Gasteiger partial charge >= 0.3 is 0 Å². The van der Waals surface area contributed by atoms with Gasteiger partial charge in [0.25, 0.3) is 5.91 Å². The summed E-state index contributed by atoms with van der Waals surface area (Å²) >= 11 is 11.7. The van der Waals surface area contributed by atoms with Crippen molar-refractivity contribution in [2.45, 2.75) is 0 Å². The lowest BCUT2D eigenvalue weighted by Gasteiger charge is -1.98. The molecule has 0 bridgehead atoms. The first-order valence-corrected chi connectivity index (χ1v) is 7.85. The zero-order valence-corrected chi connectivity index (χ0v) is 12.4. The summed E-state index contributed by atoms with van der Waals surface area (Å²) in [6.07, 6.45) is 0.866. The van der Waals surface area contributed by atoms with Crippen LogP contribution in [-0.2, 0) is 10.0 Å². The number of nitrogens with zero attached hydrogens (tertiary/aromatic N) is 1. The zero-order chi connectivity index (χ0) is 14.9. The molecule has 2 rings (SSSR count). The van der Waals surface area contributed by atoms with Crippen LogP contribution in [0.5, 0.6) is 0 Å². The fourth-order valence-electron chi connectivity index (χ4n) is 1.39. The van der Waals surface area contributed by atoms with Crippen molar-refractivity contribution in [3.05, 3.63) is 40.0 Å². The zero-order valence-electron chi connectivity index (χ0n) is 10.1. The number of rotatable bonds is 3. The maximum Gasteiger partial charge on any atom is 0.286 e. The summed E-state index contributed by atoms with van der Waals surface area (Å²) in [6.45, 7) is 0. The third-order valence-electron chi connectivity index (χ3n) is 2.23. The average Bonchev–Trinajstić information content (AvgIpc) is 2.80. The molecule has 0 fully saturated rings. The molecule has 0 unspecified atom stereocenters. The van der Waals surface area contributed by atoms with Gasteiger partial charge in [-0.15, -0.1) is 0 Å². The van der Waals surface area contributed by atoms with Crippen LogP contribution in [0, 0.1) is 0 Å². The number of aromatic nitrogens is 1. The van der Waals surface area contributed by atoms with Gasteiger partial charge in [-0.1, -0.05) is 28.4 Å². The lowest BCUT2D eigenvalue weighted by molar-refractivity contribution is 0.0973. The Morgan fingerprint density at radius 1 is 1.25 bits per heavy atom. The van der Waals surface area contributed by atoms with Crippen molar-refractivity contribution in [1.82, 2.24) is 9.88 Å². The largest absolute Gasteiger partial charge is 0.355 e. The highest BCUT2D eigenvalue weighted by Gasteiger charge is 2.17. The fourth-order valence-corrected chi connectivity index (χ4v) is 2.13. The summed E-state index contributed by atoms with van der Waals surface area (Å²) in [5.41, 5.74) is 0.404. The van der Waals surface area contributed by atoms with Crippen molar-refractivity contribution in [1.29, 1.82) is 0 Å². The van der Waals surface area contributed by atoms with E-state index in [4.69, 9.17) is 27.7 Å². The van der Waals surface area contributed by atoms with Gasteiger partial charge in [0, 0.05) is 11.6 Å². The second-order valence-electron chi connectivity index (χ2n) is 3.91. The van der Waals surface area contributed by atoms with Crippen LogP contribution in [0.1, 0.15) is 10.5 Å². The van der Waals surface area contributed by atoms with E-state index in [2.05, 4.69) is 5.16 Å². The Morgan fingerprint density at radius 3 is 2.55 bits per heavy atom. The molecule has 0 saturated heterocycles. The molecule has 0 aliphatic heterocycles. The number of hydrogen-bond donors (Lipinski definition) is 1. The Labute approximate surface area is 124 Å². The molecule has 6 nitrogen and oxygen atoms in total. The molecule has 0 spiro atoms. The third-order valence-corrected chi connectivity index (χ3v) is 3.52. The number of carbonyl (C=O) groups is 1. The van der Waals surface area contributed by atoms with Crippen LogP contribution in [0.4, 0.5) is 0 Å². The minimum absolute atomic E-state index is 0.156. The highest BCUT2D eigenvalue weighted by atomic mass is 35.5. The first kappa shape index (κ1) is 14.8. The maximum atomic E-state index is 11.6. The van der Waals surface area contributed by atoms with E-state index in [1.54, 1.807) is 22.9 Å². The maximum absolute atomic E-state index is 11.6. The Hall–Kier alpha value is -1.57. The van der Waals surface area contributed by atoms with Crippen molar-refractivity contribution in [3.63, 3.8) is 0 Å². The molecular weight excluding hydrogens is 327 g/mol. The van der Waals surface area contributed by atoms with Gasteiger partial charge in [-0.2, -0.15) is 0 Å². The van der Waals surface area contributed by atoms with E-state index in [-0.39, 0.29) is 11.5 Å². The first-order chi connectivity index (χ1) is 9.26. The van der Waals surface area contributed by atoms with Gasteiger partial charge in [-0.3, -0.25) is 4.79 Å². The Kier molecular flexibility index (Phi) is 4.03. The Balaban J connectivity index is 2.29. The van der Waals surface area contributed by atoms with E-state index in [0.29, 0.717) is 15.6 Å². The smallest absolute Gasteiger partial charge is 0.286 e. The van der Waals surface area contributed by atoms with Gasteiger partial charge in [-0.25, -0.2) is 13.1 Å². The molecule has 1 heterocycles. The van der Waals surface area contributed by atoms with Gasteiger partial charge in [0.15, 0.2) is 11.5 Å². The lowest BCUT2D eigenvalue weighted by Crippen LogP contribution is -2.29. The highest BCUT2D eigenvalue weighted by molar-refractivity contribution is 7.89. The van der Waals surface area contributed by atoms with Gasteiger partial charge in [0.2, 0.25) is 10.0 Å². The Morgan fingerprint density at radius 2 is 1.95 bits per heavy atom. The standard InChI is InChI=1S/C11H8Cl2N2O4S/c1-20(17,18)15-11(16)9-5-10(19-14-9)6-2-3-7(12)8(13)4-6/h2-5H,1H3,(H,15,16). The lowest BCUT2D eigenvalue weighted by atomic mass is 10.1. The van der Waals surface area contributed by atoms with Crippen LogP contribution in [0.3, 0.4) is 0 Å². The molecular formula is C11H8Cl2N2O4S. The van der Waals surface area contributed by atoms with Gasteiger partial charge < -0.3 is 4.52 Å². The van der Waals surface area contributed by atoms with E-state index in [0.717, 1.165) is 6.26 Å². The van der Waals surface area contributed by atoms with Crippen LogP contribution in [0.15, 0.2) is 28.8 Å². The van der Waals surface area contributed by atoms with Crippen LogP contribution >= 0.6 is 23.2 Å². The van der Waals surface area contributed by atoms with E-state index in [1.165, 1.54) is 6.07 Å². The third kappa shape index (κ3) is 3.50. The molecule has 106 valence electrons. The fraction of sp³-hybridized carbons (Fsp3) is 0.0909.